The van der Waals surface area contributed by atoms with Gasteiger partial charge in [-0.15, -0.1) is 6.58 Å². The van der Waals surface area contributed by atoms with Crippen LogP contribution in [-0.2, 0) is 23.9 Å². The molecule has 6 atom stereocenters. The van der Waals surface area contributed by atoms with Gasteiger partial charge >= 0.3 is 12.1 Å². The highest BCUT2D eigenvalue weighted by molar-refractivity contribution is 6.38. The van der Waals surface area contributed by atoms with E-state index in [4.69, 9.17) is 4.74 Å². The molecule has 3 rings (SSSR count). The summed E-state index contributed by atoms with van der Waals surface area (Å²) >= 11 is 0. The topological polar surface area (TPSA) is 175 Å². The van der Waals surface area contributed by atoms with E-state index in [0.29, 0.717) is 19.4 Å². The van der Waals surface area contributed by atoms with Gasteiger partial charge in [0.15, 0.2) is 0 Å². The van der Waals surface area contributed by atoms with Crippen LogP contribution >= 0.6 is 0 Å². The van der Waals surface area contributed by atoms with E-state index in [9.17, 15) is 28.8 Å². The highest BCUT2D eigenvalue weighted by Crippen LogP contribution is 2.65. The molecule has 2 saturated carbocycles. The molecule has 0 bridgehead atoms. The molecule has 1 heterocycles. The van der Waals surface area contributed by atoms with Crippen LogP contribution in [0.25, 0.3) is 0 Å². The fraction of sp³-hybridized carbons (Fsp3) is 0.778. The number of hydrogen-bond acceptors (Lipinski definition) is 7. The van der Waals surface area contributed by atoms with Crippen molar-refractivity contribution in [3.05, 3.63) is 12.7 Å². The first-order valence-corrected chi connectivity index (χ1v) is 18.0. The zero-order valence-electron chi connectivity index (χ0n) is 30.8. The van der Waals surface area contributed by atoms with Crippen LogP contribution in [0.3, 0.4) is 0 Å². The third-order valence-corrected chi connectivity index (χ3v) is 10.4. The molecular weight excluding hydrogens is 628 g/mol. The average molecular weight is 689 g/mol. The summed E-state index contributed by atoms with van der Waals surface area (Å²) in [5.41, 5.74) is -0.653. The Morgan fingerprint density at radius 1 is 1.00 bits per heavy atom. The minimum Gasteiger partial charge on any atom is -0.447 e. The number of nitrogens with one attached hydrogen (secondary N) is 5. The van der Waals surface area contributed by atoms with Gasteiger partial charge in [0.05, 0.1) is 12.1 Å². The van der Waals surface area contributed by atoms with E-state index in [1.54, 1.807) is 4.90 Å². The smallest absolute Gasteiger partial charge is 0.407 e. The molecule has 5 N–H and O–H groups in total. The lowest BCUT2D eigenvalue weighted by molar-refractivity contribution is -0.144. The van der Waals surface area contributed by atoms with Crippen molar-refractivity contribution in [2.75, 3.05) is 19.7 Å². The number of piperidine rings is 1. The standard InChI is InChI=1S/C36H60N6O7/c1-10-12-17-24(29(43)31(45)37-18-11-2)39-30(44)28-26-23(36(26,8)9)19-42(28)32(46)27(22-15-13-14-16-22)41-33(47)40-25(35(5,6)7)20-49-34(48)38-21(3)4/h11,21-28H,2,10,12-20H2,1,3-9H3,(H,37,45)(H,38,48)(H,39,44)(H2,40,41,47)/t23-,24?,25+,26-,27-,28-/m0/s1. The van der Waals surface area contributed by atoms with E-state index in [-0.39, 0.29) is 48.3 Å². The molecule has 0 aromatic heterocycles. The van der Waals surface area contributed by atoms with Crippen molar-refractivity contribution in [1.82, 2.24) is 31.5 Å². The molecule has 13 nitrogen and oxygen atoms in total. The first-order chi connectivity index (χ1) is 22.9. The number of unbranched alkanes of at least 4 members (excludes halogenated alkanes) is 1. The van der Waals surface area contributed by atoms with Crippen molar-refractivity contribution in [2.45, 2.75) is 131 Å². The molecule has 276 valence electrons. The summed E-state index contributed by atoms with van der Waals surface area (Å²) in [6.45, 7) is 19.5. The second-order valence-electron chi connectivity index (χ2n) is 15.9. The quantitative estimate of drug-likeness (QED) is 0.122. The van der Waals surface area contributed by atoms with Gasteiger partial charge in [0.25, 0.3) is 5.91 Å². The Hall–Kier alpha value is -3.64. The Balaban J connectivity index is 1.81. The van der Waals surface area contributed by atoms with E-state index in [0.717, 1.165) is 32.1 Å². The lowest BCUT2D eigenvalue weighted by Crippen LogP contribution is -2.61. The summed E-state index contributed by atoms with van der Waals surface area (Å²) in [6.07, 6.45) is 5.96. The lowest BCUT2D eigenvalue weighted by Gasteiger charge is -2.36. The molecule has 49 heavy (non-hydrogen) atoms. The fourth-order valence-electron chi connectivity index (χ4n) is 7.29. The lowest BCUT2D eigenvalue weighted by atomic mass is 9.87. The van der Waals surface area contributed by atoms with Crippen LogP contribution in [0.1, 0.15) is 100 Å². The number of carbonyl (C=O) groups excluding carboxylic acids is 6. The summed E-state index contributed by atoms with van der Waals surface area (Å²) in [5, 5.41) is 13.9. The van der Waals surface area contributed by atoms with Crippen LogP contribution in [0.4, 0.5) is 9.59 Å². The Morgan fingerprint density at radius 3 is 2.22 bits per heavy atom. The predicted octanol–water partition coefficient (Wildman–Crippen LogP) is 3.42. The number of hydrogen-bond donors (Lipinski definition) is 5. The number of nitrogens with zero attached hydrogens (tertiary/aromatic N) is 1. The van der Waals surface area contributed by atoms with E-state index in [1.165, 1.54) is 6.08 Å². The number of amides is 6. The number of Topliss-reactive ketones (excluding diaryl/α,β-unsaturated/α-hetero) is 1. The van der Waals surface area contributed by atoms with Gasteiger partial charge in [-0.2, -0.15) is 0 Å². The van der Waals surface area contributed by atoms with Gasteiger partial charge in [0.1, 0.15) is 18.7 Å². The number of alkyl carbamates (subject to hydrolysis) is 1. The van der Waals surface area contributed by atoms with Crippen molar-refractivity contribution in [3.8, 4) is 0 Å². The van der Waals surface area contributed by atoms with Crippen LogP contribution < -0.4 is 26.6 Å². The third kappa shape index (κ3) is 10.2. The minimum atomic E-state index is -1.02. The normalized spacial score (nSPS) is 23.0. The third-order valence-electron chi connectivity index (χ3n) is 10.4. The number of ketones is 1. The van der Waals surface area contributed by atoms with Gasteiger partial charge in [-0.25, -0.2) is 9.59 Å². The van der Waals surface area contributed by atoms with Crippen LogP contribution in [0.15, 0.2) is 12.7 Å². The van der Waals surface area contributed by atoms with Gasteiger partial charge in [0, 0.05) is 19.1 Å². The van der Waals surface area contributed by atoms with Crippen molar-refractivity contribution < 1.29 is 33.5 Å². The van der Waals surface area contributed by atoms with Gasteiger partial charge in [0.2, 0.25) is 17.6 Å². The van der Waals surface area contributed by atoms with E-state index >= 15 is 0 Å². The molecule has 0 spiro atoms. The molecule has 0 aromatic carbocycles. The molecule has 1 aliphatic heterocycles. The number of carbonyl (C=O) groups is 6. The maximum absolute atomic E-state index is 14.5. The summed E-state index contributed by atoms with van der Waals surface area (Å²) in [7, 11) is 0. The zero-order chi connectivity index (χ0) is 36.7. The van der Waals surface area contributed by atoms with Crippen LogP contribution in [0.2, 0.25) is 0 Å². The van der Waals surface area contributed by atoms with Gasteiger partial charge in [-0.3, -0.25) is 19.2 Å². The highest BCUT2D eigenvalue weighted by atomic mass is 16.5. The molecular formula is C36H60N6O7. The number of urea groups is 1. The van der Waals surface area contributed by atoms with Crippen LogP contribution in [-0.4, -0.2) is 90.4 Å². The molecule has 6 amide bonds. The highest BCUT2D eigenvalue weighted by Gasteiger charge is 2.69. The van der Waals surface area contributed by atoms with Gasteiger partial charge < -0.3 is 36.2 Å². The molecule has 0 aromatic rings. The van der Waals surface area contributed by atoms with E-state index < -0.39 is 59.3 Å². The van der Waals surface area contributed by atoms with E-state index in [2.05, 4.69) is 47.0 Å². The summed E-state index contributed by atoms with van der Waals surface area (Å²) < 4.78 is 5.39. The monoisotopic (exact) mass is 688 g/mol. The second-order valence-corrected chi connectivity index (χ2v) is 15.9. The Morgan fingerprint density at radius 2 is 1.65 bits per heavy atom. The van der Waals surface area contributed by atoms with Crippen molar-refractivity contribution in [2.24, 2.45) is 28.6 Å². The molecule has 3 aliphatic rings. The number of ether oxygens (including phenoxy) is 1. The number of rotatable bonds is 16. The van der Waals surface area contributed by atoms with Crippen LogP contribution in [0.5, 0.6) is 0 Å². The maximum Gasteiger partial charge on any atom is 0.407 e. The predicted molar refractivity (Wildman–Crippen MR) is 186 cm³/mol. The Labute approximate surface area is 291 Å². The fourth-order valence-corrected chi connectivity index (χ4v) is 7.29. The molecule has 13 heteroatoms. The molecule has 0 radical (unpaired) electrons. The zero-order valence-corrected chi connectivity index (χ0v) is 30.8. The van der Waals surface area contributed by atoms with Crippen LogP contribution in [0, 0.1) is 28.6 Å². The second kappa shape index (κ2) is 16.8. The van der Waals surface area contributed by atoms with Crippen molar-refractivity contribution >= 4 is 35.6 Å². The maximum atomic E-state index is 14.5. The Bertz CT molecular complexity index is 1240. The summed E-state index contributed by atoms with van der Waals surface area (Å²) in [4.78, 5) is 81.5. The molecule has 3 fully saturated rings. The van der Waals surface area contributed by atoms with Crippen molar-refractivity contribution in [1.29, 1.82) is 0 Å². The molecule has 1 saturated heterocycles. The van der Waals surface area contributed by atoms with Crippen molar-refractivity contribution in [3.63, 3.8) is 0 Å². The molecule has 2 aliphatic carbocycles. The first kappa shape index (κ1) is 39.8. The average Bonchev–Trinajstić information content (AvgIpc) is 3.46. The van der Waals surface area contributed by atoms with Gasteiger partial charge in [-0.05, 0) is 61.7 Å². The van der Waals surface area contributed by atoms with E-state index in [1.807, 2.05) is 41.5 Å². The Kier molecular flexibility index (Phi) is 13.7. The number of likely N-dealkylation sites (tertiary alicyclic amines) is 1. The number of fused-ring (bicyclic) bond motifs is 1. The minimum absolute atomic E-state index is 0.0616. The largest absolute Gasteiger partial charge is 0.447 e. The summed E-state index contributed by atoms with van der Waals surface area (Å²) in [6, 6.07) is -3.95. The SMILES string of the molecule is C=CCNC(=O)C(=O)C(CCCC)NC(=O)[C@@H]1[C@@H]2[C@H](CN1C(=O)[C@@H](NC(=O)N[C@H](COC(=O)NC(C)C)C(C)(C)C)C1CCCC1)C2(C)C. The van der Waals surface area contributed by atoms with Gasteiger partial charge in [-0.1, -0.05) is 73.3 Å². The first-order valence-electron chi connectivity index (χ1n) is 18.0. The molecule has 1 unspecified atom stereocenters. The summed E-state index contributed by atoms with van der Waals surface area (Å²) in [5.74, 6) is -2.45.